The quantitative estimate of drug-likeness (QED) is 0.470. The first-order chi connectivity index (χ1) is 8.95. The fourth-order valence-corrected chi connectivity index (χ4v) is 1.39. The molecule has 8 heteroatoms. The number of nitrogens with one attached hydrogen (secondary N) is 2. The number of hydrogen-bond acceptors (Lipinski definition) is 4. The molecule has 0 fully saturated rings. The summed E-state index contributed by atoms with van der Waals surface area (Å²) in [5, 5.41) is 15.5. The van der Waals surface area contributed by atoms with Gasteiger partial charge in [-0.2, -0.15) is 0 Å². The number of halogens is 2. The van der Waals surface area contributed by atoms with Crippen LogP contribution in [0.3, 0.4) is 0 Å². The number of carbonyl (C=O) groups is 1. The van der Waals surface area contributed by atoms with Gasteiger partial charge in [-0.3, -0.25) is 14.9 Å². The van der Waals surface area contributed by atoms with Crippen molar-refractivity contribution in [3.05, 3.63) is 33.9 Å². The Kier molecular flexibility index (Phi) is 5.31. The summed E-state index contributed by atoms with van der Waals surface area (Å²) in [7, 11) is 0. The topological polar surface area (TPSA) is 84.3 Å². The van der Waals surface area contributed by atoms with E-state index in [0.717, 1.165) is 6.42 Å². The Bertz CT molecular complexity index is 494. The molecule has 0 unspecified atom stereocenters. The fraction of sp³-hybridized carbons (Fsp3) is 0.364. The largest absolute Gasteiger partial charge is 0.317 e. The SMILES string of the molecule is CCCNCC(=O)Nc1c(F)cc(F)cc1[N+](=O)[O-]. The number of benzene rings is 1. The monoisotopic (exact) mass is 273 g/mol. The Labute approximate surface area is 108 Å². The van der Waals surface area contributed by atoms with Crippen LogP contribution < -0.4 is 10.6 Å². The molecule has 0 saturated carbocycles. The maximum absolute atomic E-state index is 13.4. The summed E-state index contributed by atoms with van der Waals surface area (Å²) in [6.07, 6.45) is 0.804. The number of amides is 1. The summed E-state index contributed by atoms with van der Waals surface area (Å²) in [5.41, 5.74) is -1.45. The number of rotatable bonds is 6. The molecule has 0 bridgehead atoms. The van der Waals surface area contributed by atoms with E-state index in [1.807, 2.05) is 6.92 Å². The summed E-state index contributed by atoms with van der Waals surface area (Å²) in [6, 6.07) is 1.03. The van der Waals surface area contributed by atoms with Gasteiger partial charge in [0.25, 0.3) is 5.69 Å². The minimum absolute atomic E-state index is 0.109. The third-order valence-corrected chi connectivity index (χ3v) is 2.21. The Balaban J connectivity index is 2.88. The van der Waals surface area contributed by atoms with Crippen LogP contribution in [0.1, 0.15) is 13.3 Å². The molecular formula is C11H13F2N3O3. The number of carbonyl (C=O) groups excluding carboxylic acids is 1. The summed E-state index contributed by atoms with van der Waals surface area (Å²) >= 11 is 0. The van der Waals surface area contributed by atoms with E-state index in [1.165, 1.54) is 0 Å². The molecule has 1 aromatic rings. The highest BCUT2D eigenvalue weighted by Gasteiger charge is 2.22. The van der Waals surface area contributed by atoms with Crippen molar-refractivity contribution in [3.8, 4) is 0 Å². The Morgan fingerprint density at radius 1 is 1.42 bits per heavy atom. The van der Waals surface area contributed by atoms with Crippen molar-refractivity contribution in [1.82, 2.24) is 5.32 Å². The molecule has 0 saturated heterocycles. The first-order valence-corrected chi connectivity index (χ1v) is 5.59. The second kappa shape index (κ2) is 6.74. The maximum atomic E-state index is 13.4. The first-order valence-electron chi connectivity index (χ1n) is 5.59. The molecular weight excluding hydrogens is 260 g/mol. The molecule has 0 spiro atoms. The minimum atomic E-state index is -1.18. The Morgan fingerprint density at radius 3 is 2.68 bits per heavy atom. The van der Waals surface area contributed by atoms with Gasteiger partial charge in [-0.15, -0.1) is 0 Å². The summed E-state index contributed by atoms with van der Waals surface area (Å²) < 4.78 is 26.3. The van der Waals surface area contributed by atoms with Gasteiger partial charge in [0.1, 0.15) is 5.82 Å². The average molecular weight is 273 g/mol. The van der Waals surface area contributed by atoms with Crippen LogP contribution in [0, 0.1) is 21.7 Å². The first kappa shape index (κ1) is 15.0. The highest BCUT2D eigenvalue weighted by atomic mass is 19.1. The van der Waals surface area contributed by atoms with Crippen LogP contribution in [0.4, 0.5) is 20.2 Å². The second-order valence-electron chi connectivity index (χ2n) is 3.76. The van der Waals surface area contributed by atoms with Gasteiger partial charge in [0.05, 0.1) is 17.5 Å². The standard InChI is InChI=1S/C11H13F2N3O3/c1-2-3-14-6-10(17)15-11-8(13)4-7(12)5-9(11)16(18)19/h4-5,14H,2-3,6H2,1H3,(H,15,17). The van der Waals surface area contributed by atoms with E-state index in [2.05, 4.69) is 10.6 Å². The van der Waals surface area contributed by atoms with Crippen LogP contribution in [0.15, 0.2) is 12.1 Å². The summed E-state index contributed by atoms with van der Waals surface area (Å²) in [6.45, 7) is 2.37. The van der Waals surface area contributed by atoms with E-state index in [1.54, 1.807) is 0 Å². The van der Waals surface area contributed by atoms with Crippen molar-refractivity contribution in [2.75, 3.05) is 18.4 Å². The van der Waals surface area contributed by atoms with Gasteiger partial charge >= 0.3 is 0 Å². The van der Waals surface area contributed by atoms with Crippen molar-refractivity contribution in [3.63, 3.8) is 0 Å². The highest BCUT2D eigenvalue weighted by Crippen LogP contribution is 2.28. The Morgan fingerprint density at radius 2 is 2.11 bits per heavy atom. The maximum Gasteiger partial charge on any atom is 0.298 e. The van der Waals surface area contributed by atoms with E-state index in [0.29, 0.717) is 18.7 Å². The molecule has 19 heavy (non-hydrogen) atoms. The molecule has 0 aliphatic rings. The van der Waals surface area contributed by atoms with Gasteiger partial charge in [-0.1, -0.05) is 6.92 Å². The van der Waals surface area contributed by atoms with E-state index >= 15 is 0 Å². The molecule has 1 rings (SSSR count). The number of nitrogens with zero attached hydrogens (tertiary/aromatic N) is 1. The molecule has 1 amide bonds. The molecule has 0 aliphatic carbocycles. The molecule has 0 radical (unpaired) electrons. The summed E-state index contributed by atoms with van der Waals surface area (Å²) in [5.74, 6) is -2.90. The zero-order chi connectivity index (χ0) is 14.4. The third kappa shape index (κ3) is 4.25. The fourth-order valence-electron chi connectivity index (χ4n) is 1.39. The Hall–Kier alpha value is -2.09. The number of hydrogen-bond donors (Lipinski definition) is 2. The lowest BCUT2D eigenvalue weighted by atomic mass is 10.2. The van der Waals surface area contributed by atoms with Crippen LogP contribution in [-0.4, -0.2) is 23.9 Å². The minimum Gasteiger partial charge on any atom is -0.317 e. The lowest BCUT2D eigenvalue weighted by molar-refractivity contribution is -0.384. The van der Waals surface area contributed by atoms with Crippen LogP contribution in [-0.2, 0) is 4.79 Å². The van der Waals surface area contributed by atoms with Gasteiger partial charge in [-0.25, -0.2) is 8.78 Å². The van der Waals surface area contributed by atoms with Crippen LogP contribution in [0.5, 0.6) is 0 Å². The average Bonchev–Trinajstić information content (AvgIpc) is 2.32. The predicted molar refractivity (Wildman–Crippen MR) is 64.8 cm³/mol. The van der Waals surface area contributed by atoms with E-state index < -0.39 is 33.8 Å². The van der Waals surface area contributed by atoms with Crippen LogP contribution >= 0.6 is 0 Å². The second-order valence-corrected chi connectivity index (χ2v) is 3.76. The molecule has 104 valence electrons. The van der Waals surface area contributed by atoms with Crippen molar-refractivity contribution in [1.29, 1.82) is 0 Å². The predicted octanol–water partition coefficient (Wildman–Crippen LogP) is 1.81. The summed E-state index contributed by atoms with van der Waals surface area (Å²) in [4.78, 5) is 21.2. The van der Waals surface area contributed by atoms with Crippen molar-refractivity contribution in [2.45, 2.75) is 13.3 Å². The molecule has 1 aromatic carbocycles. The lowest BCUT2D eigenvalue weighted by Gasteiger charge is -2.07. The van der Waals surface area contributed by atoms with Crippen LogP contribution in [0.2, 0.25) is 0 Å². The highest BCUT2D eigenvalue weighted by molar-refractivity contribution is 5.94. The van der Waals surface area contributed by atoms with Gasteiger partial charge in [0, 0.05) is 6.07 Å². The van der Waals surface area contributed by atoms with Crippen molar-refractivity contribution in [2.24, 2.45) is 0 Å². The number of anilines is 1. The van der Waals surface area contributed by atoms with Gasteiger partial charge in [0.15, 0.2) is 11.5 Å². The molecule has 0 heterocycles. The molecule has 6 nitrogen and oxygen atoms in total. The van der Waals surface area contributed by atoms with E-state index in [4.69, 9.17) is 0 Å². The zero-order valence-electron chi connectivity index (χ0n) is 10.2. The van der Waals surface area contributed by atoms with Gasteiger partial charge < -0.3 is 10.6 Å². The number of nitro groups is 1. The zero-order valence-corrected chi connectivity index (χ0v) is 10.2. The lowest BCUT2D eigenvalue weighted by Crippen LogP contribution is -2.29. The smallest absolute Gasteiger partial charge is 0.298 e. The van der Waals surface area contributed by atoms with Crippen molar-refractivity contribution >= 4 is 17.3 Å². The molecule has 2 N–H and O–H groups in total. The van der Waals surface area contributed by atoms with Crippen molar-refractivity contribution < 1.29 is 18.5 Å². The third-order valence-electron chi connectivity index (χ3n) is 2.21. The van der Waals surface area contributed by atoms with Gasteiger partial charge in [-0.05, 0) is 13.0 Å². The van der Waals surface area contributed by atoms with E-state index in [-0.39, 0.29) is 6.54 Å². The normalized spacial score (nSPS) is 10.3. The van der Waals surface area contributed by atoms with Crippen LogP contribution in [0.25, 0.3) is 0 Å². The van der Waals surface area contributed by atoms with E-state index in [9.17, 15) is 23.7 Å². The van der Waals surface area contributed by atoms with Gasteiger partial charge in [0.2, 0.25) is 5.91 Å². The molecule has 0 aliphatic heterocycles. The molecule has 0 atom stereocenters. The number of nitro benzene ring substituents is 1. The molecule has 0 aromatic heterocycles.